The number of halogens is 1. The third-order valence-corrected chi connectivity index (χ3v) is 3.75. The summed E-state index contributed by atoms with van der Waals surface area (Å²) in [4.78, 5) is 16.7. The van der Waals surface area contributed by atoms with Crippen molar-refractivity contribution in [2.75, 3.05) is 6.54 Å². The topological polar surface area (TPSA) is 68.5 Å². The Hall–Kier alpha value is -2.60. The van der Waals surface area contributed by atoms with Crippen LogP contribution in [0.2, 0.25) is 5.02 Å². The van der Waals surface area contributed by atoms with Gasteiger partial charge in [-0.3, -0.25) is 4.79 Å². The van der Waals surface area contributed by atoms with Crippen molar-refractivity contribution in [3.63, 3.8) is 0 Å². The molecule has 0 bridgehead atoms. The fourth-order valence-corrected chi connectivity index (χ4v) is 2.50. The highest BCUT2D eigenvalue weighted by molar-refractivity contribution is 6.30. The Morgan fingerprint density at radius 2 is 2.12 bits per heavy atom. The zero-order valence-electron chi connectivity index (χ0n) is 13.4. The third-order valence-electron chi connectivity index (χ3n) is 3.50. The van der Waals surface area contributed by atoms with Crippen LogP contribution in [-0.2, 0) is 0 Å². The van der Waals surface area contributed by atoms with Crippen molar-refractivity contribution in [3.8, 4) is 5.75 Å². The van der Waals surface area contributed by atoms with Gasteiger partial charge in [0.15, 0.2) is 5.65 Å². The number of ether oxygens (including phenoxy) is 1. The number of aromatic nitrogens is 3. The van der Waals surface area contributed by atoms with Gasteiger partial charge in [-0.05, 0) is 44.2 Å². The van der Waals surface area contributed by atoms with Crippen molar-refractivity contribution < 1.29 is 9.53 Å². The second-order valence-corrected chi connectivity index (χ2v) is 5.88. The number of nitrogens with one attached hydrogen (secondary N) is 1. The van der Waals surface area contributed by atoms with Crippen LogP contribution >= 0.6 is 11.6 Å². The Bertz CT molecular complexity index is 861. The molecule has 7 heteroatoms. The number of benzene rings is 1. The van der Waals surface area contributed by atoms with Crippen LogP contribution in [0.25, 0.3) is 5.65 Å². The van der Waals surface area contributed by atoms with Gasteiger partial charge in [-0.15, -0.1) is 0 Å². The van der Waals surface area contributed by atoms with E-state index in [0.29, 0.717) is 34.2 Å². The third kappa shape index (κ3) is 3.49. The summed E-state index contributed by atoms with van der Waals surface area (Å²) in [5.41, 5.74) is 1.66. The van der Waals surface area contributed by atoms with Gasteiger partial charge >= 0.3 is 0 Å². The summed E-state index contributed by atoms with van der Waals surface area (Å²) in [6.07, 6.45) is 3.21. The highest BCUT2D eigenvalue weighted by atomic mass is 35.5. The molecule has 2 heterocycles. The number of rotatable bonds is 5. The Morgan fingerprint density at radius 3 is 2.88 bits per heavy atom. The van der Waals surface area contributed by atoms with Crippen molar-refractivity contribution in [1.29, 1.82) is 0 Å². The molecule has 0 aliphatic carbocycles. The number of carbonyl (C=O) groups is 1. The van der Waals surface area contributed by atoms with Crippen molar-refractivity contribution in [2.45, 2.75) is 20.0 Å². The lowest BCUT2D eigenvalue weighted by atomic mass is 10.2. The van der Waals surface area contributed by atoms with Gasteiger partial charge < -0.3 is 10.1 Å². The van der Waals surface area contributed by atoms with Crippen LogP contribution in [0, 0.1) is 6.92 Å². The summed E-state index contributed by atoms with van der Waals surface area (Å²) in [6, 6.07) is 8.87. The largest absolute Gasteiger partial charge is 0.489 e. The lowest BCUT2D eigenvalue weighted by molar-refractivity contribution is 0.0933. The van der Waals surface area contributed by atoms with E-state index in [4.69, 9.17) is 16.3 Å². The van der Waals surface area contributed by atoms with Gasteiger partial charge in [0.25, 0.3) is 5.91 Å². The van der Waals surface area contributed by atoms with Crippen molar-refractivity contribution in [1.82, 2.24) is 19.9 Å². The van der Waals surface area contributed by atoms with Crippen molar-refractivity contribution in [2.24, 2.45) is 0 Å². The summed E-state index contributed by atoms with van der Waals surface area (Å²) in [6.45, 7) is 4.04. The molecule has 2 aromatic heterocycles. The van der Waals surface area contributed by atoms with Crippen LogP contribution in [0.4, 0.5) is 0 Å². The van der Waals surface area contributed by atoms with Gasteiger partial charge in [-0.2, -0.15) is 5.10 Å². The zero-order valence-corrected chi connectivity index (χ0v) is 14.1. The number of amides is 1. The molecule has 0 fully saturated rings. The minimum absolute atomic E-state index is 0.190. The molecule has 6 nitrogen and oxygen atoms in total. The standard InChI is InChI=1S/C17H17ClN4O2/c1-11(24-14-6-4-13(18)5-7-14)10-20-17(23)15-12(2)21-22-9-3-8-19-16(15)22/h3-9,11H,10H2,1-2H3,(H,20,23). The lowest BCUT2D eigenvalue weighted by Gasteiger charge is -2.15. The normalized spacial score (nSPS) is 12.1. The van der Waals surface area contributed by atoms with Crippen LogP contribution in [0.1, 0.15) is 23.0 Å². The van der Waals surface area contributed by atoms with Crippen molar-refractivity contribution in [3.05, 3.63) is 59.0 Å². The molecule has 0 spiro atoms. The SMILES string of the molecule is Cc1nn2cccnc2c1C(=O)NCC(C)Oc1ccc(Cl)cc1. The maximum Gasteiger partial charge on any atom is 0.257 e. The second kappa shape index (κ2) is 6.88. The molecule has 1 N–H and O–H groups in total. The van der Waals surface area contributed by atoms with Gasteiger partial charge in [0.1, 0.15) is 17.4 Å². The quantitative estimate of drug-likeness (QED) is 0.772. The molecule has 0 saturated heterocycles. The molecule has 1 atom stereocenters. The molecular formula is C17H17ClN4O2. The average Bonchev–Trinajstić information content (AvgIpc) is 2.90. The second-order valence-electron chi connectivity index (χ2n) is 5.44. The van der Waals surface area contributed by atoms with E-state index in [0.717, 1.165) is 0 Å². The van der Waals surface area contributed by atoms with Gasteiger partial charge in [0.2, 0.25) is 0 Å². The van der Waals surface area contributed by atoms with Crippen molar-refractivity contribution >= 4 is 23.2 Å². The van der Waals surface area contributed by atoms with Gasteiger partial charge in [-0.1, -0.05) is 11.6 Å². The summed E-state index contributed by atoms with van der Waals surface area (Å²) in [5, 5.41) is 7.81. The average molecular weight is 345 g/mol. The molecule has 24 heavy (non-hydrogen) atoms. The van der Waals surface area contributed by atoms with Gasteiger partial charge in [-0.25, -0.2) is 9.50 Å². The molecule has 1 aromatic carbocycles. The number of hydrogen-bond acceptors (Lipinski definition) is 4. The Morgan fingerprint density at radius 1 is 1.38 bits per heavy atom. The highest BCUT2D eigenvalue weighted by Gasteiger charge is 2.18. The first kappa shape index (κ1) is 16.3. The number of fused-ring (bicyclic) bond motifs is 1. The van der Waals surface area contributed by atoms with E-state index in [2.05, 4.69) is 15.4 Å². The van der Waals surface area contributed by atoms with Gasteiger partial charge in [0.05, 0.1) is 12.2 Å². The Balaban J connectivity index is 1.64. The molecule has 0 aliphatic rings. The van der Waals surface area contributed by atoms with Crippen LogP contribution in [0.5, 0.6) is 5.75 Å². The maximum atomic E-state index is 12.5. The summed E-state index contributed by atoms with van der Waals surface area (Å²) in [5.74, 6) is 0.489. The van der Waals surface area contributed by atoms with E-state index in [9.17, 15) is 4.79 Å². The molecule has 0 saturated carbocycles. The molecule has 1 unspecified atom stereocenters. The van der Waals surface area contributed by atoms with Crippen LogP contribution in [-0.4, -0.2) is 33.2 Å². The van der Waals surface area contributed by atoms with Crippen LogP contribution in [0.15, 0.2) is 42.7 Å². The van der Waals surface area contributed by atoms with E-state index < -0.39 is 0 Å². The molecule has 124 valence electrons. The Kier molecular flexibility index (Phi) is 4.66. The predicted molar refractivity (Wildman–Crippen MR) is 91.6 cm³/mol. The fourth-order valence-electron chi connectivity index (χ4n) is 2.37. The number of aryl methyl sites for hydroxylation is 1. The predicted octanol–water partition coefficient (Wildman–Crippen LogP) is 2.89. The summed E-state index contributed by atoms with van der Waals surface area (Å²) >= 11 is 5.84. The fraction of sp³-hybridized carbons (Fsp3) is 0.235. The minimum Gasteiger partial charge on any atom is -0.489 e. The number of nitrogens with zero attached hydrogens (tertiary/aromatic N) is 3. The molecule has 0 radical (unpaired) electrons. The summed E-state index contributed by atoms with van der Waals surface area (Å²) in [7, 11) is 0. The minimum atomic E-state index is -0.215. The molecular weight excluding hydrogens is 328 g/mol. The van der Waals surface area contributed by atoms with E-state index in [1.54, 1.807) is 54.2 Å². The summed E-state index contributed by atoms with van der Waals surface area (Å²) < 4.78 is 7.34. The van der Waals surface area contributed by atoms with E-state index in [1.165, 1.54) is 0 Å². The first-order chi connectivity index (χ1) is 11.5. The maximum absolute atomic E-state index is 12.5. The Labute approximate surface area is 144 Å². The monoisotopic (exact) mass is 344 g/mol. The molecule has 1 amide bonds. The van der Waals surface area contributed by atoms with Crippen LogP contribution in [0.3, 0.4) is 0 Å². The zero-order chi connectivity index (χ0) is 17.1. The highest BCUT2D eigenvalue weighted by Crippen LogP contribution is 2.17. The first-order valence-corrected chi connectivity index (χ1v) is 7.93. The number of hydrogen-bond donors (Lipinski definition) is 1. The van der Waals surface area contributed by atoms with E-state index in [1.807, 2.05) is 6.92 Å². The van der Waals surface area contributed by atoms with Crippen LogP contribution < -0.4 is 10.1 Å². The first-order valence-electron chi connectivity index (χ1n) is 7.55. The number of carbonyl (C=O) groups excluding carboxylic acids is 1. The lowest BCUT2D eigenvalue weighted by Crippen LogP contribution is -2.33. The molecule has 0 aliphatic heterocycles. The molecule has 3 aromatic rings. The van der Waals surface area contributed by atoms with E-state index >= 15 is 0 Å². The van der Waals surface area contributed by atoms with E-state index in [-0.39, 0.29) is 12.0 Å². The smallest absolute Gasteiger partial charge is 0.257 e. The molecule has 3 rings (SSSR count). The van der Waals surface area contributed by atoms with Gasteiger partial charge in [0, 0.05) is 17.4 Å².